The van der Waals surface area contributed by atoms with Gasteiger partial charge in [-0.25, -0.2) is 0 Å². The minimum absolute atomic E-state index is 0.479. The van der Waals surface area contributed by atoms with Crippen LogP contribution in [-0.4, -0.2) is 12.6 Å². The number of nitrogens with one attached hydrogen (secondary N) is 1. The molecule has 1 N–H and O–H groups in total. The number of ether oxygens (including phenoxy) is 1. The highest BCUT2D eigenvalue weighted by Gasteiger charge is 2.03. The summed E-state index contributed by atoms with van der Waals surface area (Å²) in [5.74, 6) is 0.913. The maximum absolute atomic E-state index is 5.69. The maximum Gasteiger partial charge on any atom is 0.120 e. The van der Waals surface area contributed by atoms with E-state index in [0.29, 0.717) is 12.6 Å². The Hall–Kier alpha value is -0.800. The number of rotatable bonds is 6. The molecule has 1 aromatic carbocycles. The Kier molecular flexibility index (Phi) is 6.44. The molecule has 1 aromatic rings. The van der Waals surface area contributed by atoms with Crippen LogP contribution in [0, 0.1) is 0 Å². The molecule has 0 atom stereocenters. The summed E-state index contributed by atoms with van der Waals surface area (Å²) in [5, 5.41) is 3.41. The smallest absolute Gasteiger partial charge is 0.120 e. The molecule has 0 unspecified atom stereocenters. The Morgan fingerprint density at radius 2 is 2.11 bits per heavy atom. The van der Waals surface area contributed by atoms with E-state index in [1.807, 2.05) is 12.1 Å². The largest absolute Gasteiger partial charge is 0.490 e. The van der Waals surface area contributed by atoms with E-state index in [1.165, 1.54) is 11.1 Å². The Morgan fingerprint density at radius 1 is 1.39 bits per heavy atom. The summed E-state index contributed by atoms with van der Waals surface area (Å²) in [7, 11) is 0. The van der Waals surface area contributed by atoms with Crippen LogP contribution in [0.4, 0.5) is 0 Å². The van der Waals surface area contributed by atoms with Crippen LogP contribution >= 0.6 is 15.9 Å². The fourth-order valence-corrected chi connectivity index (χ4v) is 1.78. The second kappa shape index (κ2) is 7.59. The summed E-state index contributed by atoms with van der Waals surface area (Å²) in [6.45, 7) is 9.90. The van der Waals surface area contributed by atoms with Crippen LogP contribution in [0.3, 0.4) is 0 Å². The molecule has 18 heavy (non-hydrogen) atoms. The topological polar surface area (TPSA) is 21.3 Å². The summed E-state index contributed by atoms with van der Waals surface area (Å²) < 4.78 is 6.81. The third-order valence-electron chi connectivity index (χ3n) is 2.46. The summed E-state index contributed by atoms with van der Waals surface area (Å²) in [6, 6.07) is 6.59. The van der Waals surface area contributed by atoms with Crippen LogP contribution in [0.2, 0.25) is 0 Å². The number of halogens is 1. The zero-order valence-electron chi connectivity index (χ0n) is 11.6. The van der Waals surface area contributed by atoms with Gasteiger partial charge in [0.1, 0.15) is 12.4 Å². The van der Waals surface area contributed by atoms with Crippen molar-refractivity contribution in [3.05, 3.63) is 39.9 Å². The first-order valence-electron chi connectivity index (χ1n) is 6.27. The zero-order valence-corrected chi connectivity index (χ0v) is 13.2. The highest BCUT2D eigenvalue weighted by atomic mass is 79.9. The van der Waals surface area contributed by atoms with Crippen LogP contribution in [0.25, 0.3) is 0 Å². The van der Waals surface area contributed by atoms with Crippen LogP contribution in [0.5, 0.6) is 5.75 Å². The van der Waals surface area contributed by atoms with E-state index >= 15 is 0 Å². The fourth-order valence-electron chi connectivity index (χ4n) is 1.40. The Balaban J connectivity index is 2.65. The molecule has 0 amide bonds. The van der Waals surface area contributed by atoms with Crippen LogP contribution in [0.15, 0.2) is 34.3 Å². The van der Waals surface area contributed by atoms with Gasteiger partial charge in [-0.05, 0) is 43.7 Å². The molecule has 100 valence electrons. The highest BCUT2D eigenvalue weighted by molar-refractivity contribution is 9.10. The summed E-state index contributed by atoms with van der Waals surface area (Å²) in [6.07, 6.45) is 2.08. The van der Waals surface area contributed by atoms with Crippen molar-refractivity contribution in [2.75, 3.05) is 6.61 Å². The SMILES string of the molecule is CC(C)=CCOc1ccc(Br)c(CNC(C)C)c1. The molecule has 2 nitrogen and oxygen atoms in total. The average Bonchev–Trinajstić information content (AvgIpc) is 2.29. The fraction of sp³-hybridized carbons (Fsp3) is 0.467. The van der Waals surface area contributed by atoms with E-state index in [0.717, 1.165) is 16.8 Å². The molecule has 0 aliphatic heterocycles. The quantitative estimate of drug-likeness (QED) is 0.791. The molecule has 1 rings (SSSR count). The first-order chi connectivity index (χ1) is 8.49. The lowest BCUT2D eigenvalue weighted by molar-refractivity contribution is 0.361. The first-order valence-corrected chi connectivity index (χ1v) is 7.06. The normalized spacial score (nSPS) is 10.6. The zero-order chi connectivity index (χ0) is 13.5. The van der Waals surface area contributed by atoms with Gasteiger partial charge in [0.2, 0.25) is 0 Å². The van der Waals surface area contributed by atoms with Gasteiger partial charge in [-0.2, -0.15) is 0 Å². The molecule has 0 saturated carbocycles. The molecule has 3 heteroatoms. The van der Waals surface area contributed by atoms with Crippen LogP contribution < -0.4 is 10.1 Å². The monoisotopic (exact) mass is 311 g/mol. The van der Waals surface area contributed by atoms with Crippen molar-refractivity contribution in [1.82, 2.24) is 5.32 Å². The number of allylic oxidation sites excluding steroid dienone is 1. The van der Waals surface area contributed by atoms with Crippen molar-refractivity contribution in [3.63, 3.8) is 0 Å². The third kappa shape index (κ3) is 5.69. The second-order valence-corrected chi connectivity index (χ2v) is 5.74. The summed E-state index contributed by atoms with van der Waals surface area (Å²) in [4.78, 5) is 0. The molecule has 0 bridgehead atoms. The van der Waals surface area contributed by atoms with E-state index < -0.39 is 0 Å². The van der Waals surface area contributed by atoms with E-state index in [2.05, 4.69) is 61.1 Å². The van der Waals surface area contributed by atoms with E-state index in [1.54, 1.807) is 0 Å². The van der Waals surface area contributed by atoms with Crippen LogP contribution in [-0.2, 0) is 6.54 Å². The minimum Gasteiger partial charge on any atom is -0.490 e. The number of hydrogen-bond donors (Lipinski definition) is 1. The minimum atomic E-state index is 0.479. The van der Waals surface area contributed by atoms with Gasteiger partial charge < -0.3 is 10.1 Å². The van der Waals surface area contributed by atoms with Crippen molar-refractivity contribution < 1.29 is 4.74 Å². The maximum atomic E-state index is 5.69. The van der Waals surface area contributed by atoms with Gasteiger partial charge in [0.05, 0.1) is 0 Å². The molecule has 0 aromatic heterocycles. The molecule has 0 heterocycles. The molecule has 0 aliphatic carbocycles. The van der Waals surface area contributed by atoms with Crippen molar-refractivity contribution in [3.8, 4) is 5.75 Å². The standard InChI is InChI=1S/C15H22BrNO/c1-11(2)7-8-18-14-5-6-15(16)13(9-14)10-17-12(3)4/h5-7,9,12,17H,8,10H2,1-4H3. The molecule has 0 spiro atoms. The molecular weight excluding hydrogens is 290 g/mol. The van der Waals surface area contributed by atoms with Crippen molar-refractivity contribution in [2.24, 2.45) is 0 Å². The van der Waals surface area contributed by atoms with Gasteiger partial charge in [0, 0.05) is 17.1 Å². The Labute approximate surface area is 119 Å². The molecule has 0 radical (unpaired) electrons. The van der Waals surface area contributed by atoms with Gasteiger partial charge >= 0.3 is 0 Å². The van der Waals surface area contributed by atoms with Crippen molar-refractivity contribution >= 4 is 15.9 Å². The van der Waals surface area contributed by atoms with Gasteiger partial charge in [0.25, 0.3) is 0 Å². The van der Waals surface area contributed by atoms with E-state index in [4.69, 9.17) is 4.74 Å². The number of benzene rings is 1. The Morgan fingerprint density at radius 3 is 2.72 bits per heavy atom. The number of hydrogen-bond acceptors (Lipinski definition) is 2. The molecular formula is C15H22BrNO. The van der Waals surface area contributed by atoms with E-state index in [-0.39, 0.29) is 0 Å². The molecule has 0 aliphatic rings. The van der Waals surface area contributed by atoms with Crippen molar-refractivity contribution in [2.45, 2.75) is 40.3 Å². The van der Waals surface area contributed by atoms with Crippen LogP contribution in [0.1, 0.15) is 33.3 Å². The average molecular weight is 312 g/mol. The predicted molar refractivity (Wildman–Crippen MR) is 81.0 cm³/mol. The highest BCUT2D eigenvalue weighted by Crippen LogP contribution is 2.22. The van der Waals surface area contributed by atoms with E-state index in [9.17, 15) is 0 Å². The van der Waals surface area contributed by atoms with Gasteiger partial charge in [0.15, 0.2) is 0 Å². The first kappa shape index (κ1) is 15.3. The predicted octanol–water partition coefficient (Wildman–Crippen LogP) is 4.29. The molecule has 0 fully saturated rings. The lowest BCUT2D eigenvalue weighted by Crippen LogP contribution is -2.22. The summed E-state index contributed by atoms with van der Waals surface area (Å²) in [5.41, 5.74) is 2.49. The lowest BCUT2D eigenvalue weighted by atomic mass is 10.2. The van der Waals surface area contributed by atoms with Gasteiger partial charge in [-0.3, -0.25) is 0 Å². The lowest BCUT2D eigenvalue weighted by Gasteiger charge is -2.11. The van der Waals surface area contributed by atoms with Gasteiger partial charge in [-0.1, -0.05) is 35.4 Å². The van der Waals surface area contributed by atoms with Gasteiger partial charge in [-0.15, -0.1) is 0 Å². The third-order valence-corrected chi connectivity index (χ3v) is 3.23. The molecule has 0 saturated heterocycles. The summed E-state index contributed by atoms with van der Waals surface area (Å²) >= 11 is 3.56. The van der Waals surface area contributed by atoms with Crippen molar-refractivity contribution in [1.29, 1.82) is 0 Å². The second-order valence-electron chi connectivity index (χ2n) is 4.88. The Bertz CT molecular complexity index is 409.